The van der Waals surface area contributed by atoms with Crippen LogP contribution >= 0.6 is 35.0 Å². The van der Waals surface area contributed by atoms with Gasteiger partial charge in [0.05, 0.1) is 6.20 Å². The van der Waals surface area contributed by atoms with Gasteiger partial charge in [-0.05, 0) is 29.8 Å². The van der Waals surface area contributed by atoms with Gasteiger partial charge in [0, 0.05) is 20.5 Å². The summed E-state index contributed by atoms with van der Waals surface area (Å²) in [4.78, 5) is 1.09. The lowest BCUT2D eigenvalue weighted by molar-refractivity contribution is 0.911. The van der Waals surface area contributed by atoms with Gasteiger partial charge in [-0.1, -0.05) is 58.4 Å². The second kappa shape index (κ2) is 5.87. The first-order valence-corrected chi connectivity index (χ1v) is 7.39. The molecule has 0 fully saturated rings. The van der Waals surface area contributed by atoms with E-state index >= 15 is 0 Å². The topological polar surface area (TPSA) is 41.6 Å². The minimum absolute atomic E-state index is 0.636. The molecule has 0 saturated heterocycles. The van der Waals surface area contributed by atoms with Crippen LogP contribution in [0.4, 0.5) is 0 Å². The Morgan fingerprint density at radius 3 is 2.45 bits per heavy atom. The van der Waals surface area contributed by atoms with Crippen molar-refractivity contribution < 1.29 is 0 Å². The summed E-state index contributed by atoms with van der Waals surface area (Å²) in [6, 6.07) is 13.6. The van der Waals surface area contributed by atoms with E-state index in [0.29, 0.717) is 10.0 Å². The van der Waals surface area contributed by atoms with Crippen molar-refractivity contribution in [2.75, 3.05) is 0 Å². The minimum atomic E-state index is 0.636. The standard InChI is InChI=1S/C14H9Cl2N3S/c15-10-3-6-12(13(16)7-10)9-1-4-11(5-2-9)20-14-8-17-19-18-14/h1-8H,(H,17,18,19). The number of aromatic amines is 1. The Morgan fingerprint density at radius 1 is 1.00 bits per heavy atom. The molecule has 1 aromatic heterocycles. The Hall–Kier alpha value is -1.49. The van der Waals surface area contributed by atoms with Gasteiger partial charge < -0.3 is 0 Å². The molecule has 3 rings (SSSR count). The third-order valence-electron chi connectivity index (χ3n) is 2.71. The fourth-order valence-electron chi connectivity index (χ4n) is 1.79. The molecule has 0 aliphatic heterocycles. The van der Waals surface area contributed by atoms with E-state index in [-0.39, 0.29) is 0 Å². The Morgan fingerprint density at radius 2 is 1.80 bits per heavy atom. The van der Waals surface area contributed by atoms with Crippen LogP contribution in [0.3, 0.4) is 0 Å². The highest BCUT2D eigenvalue weighted by Crippen LogP contribution is 2.32. The molecule has 0 aliphatic carbocycles. The molecule has 0 aliphatic rings. The number of benzene rings is 2. The minimum Gasteiger partial charge on any atom is -0.264 e. The van der Waals surface area contributed by atoms with Crippen molar-refractivity contribution in [1.29, 1.82) is 0 Å². The molecule has 3 aromatic rings. The summed E-state index contributed by atoms with van der Waals surface area (Å²) in [7, 11) is 0. The molecule has 3 nitrogen and oxygen atoms in total. The number of aromatic nitrogens is 3. The van der Waals surface area contributed by atoms with Gasteiger partial charge in [-0.3, -0.25) is 5.10 Å². The lowest BCUT2D eigenvalue weighted by Crippen LogP contribution is -1.80. The number of H-pyrrole nitrogens is 1. The van der Waals surface area contributed by atoms with E-state index in [1.54, 1.807) is 24.0 Å². The summed E-state index contributed by atoms with van der Waals surface area (Å²) in [5.74, 6) is 0. The van der Waals surface area contributed by atoms with Crippen LogP contribution in [0.5, 0.6) is 0 Å². The van der Waals surface area contributed by atoms with Crippen LogP contribution in [0.2, 0.25) is 10.0 Å². The number of nitrogens with one attached hydrogen (secondary N) is 1. The van der Waals surface area contributed by atoms with E-state index in [4.69, 9.17) is 23.2 Å². The monoisotopic (exact) mass is 321 g/mol. The Bertz CT molecular complexity index is 712. The summed E-state index contributed by atoms with van der Waals surface area (Å²) in [5, 5.41) is 12.4. The normalized spacial score (nSPS) is 10.7. The summed E-state index contributed by atoms with van der Waals surface area (Å²) in [6.45, 7) is 0. The van der Waals surface area contributed by atoms with Gasteiger partial charge in [0.25, 0.3) is 0 Å². The molecule has 2 aromatic carbocycles. The highest BCUT2D eigenvalue weighted by Gasteiger charge is 2.05. The number of hydrogen-bond donors (Lipinski definition) is 1. The molecule has 20 heavy (non-hydrogen) atoms. The molecule has 6 heteroatoms. The van der Waals surface area contributed by atoms with Crippen molar-refractivity contribution in [1.82, 2.24) is 15.4 Å². The number of halogens is 2. The zero-order chi connectivity index (χ0) is 13.9. The first-order chi connectivity index (χ1) is 9.72. The van der Waals surface area contributed by atoms with Crippen LogP contribution < -0.4 is 0 Å². The SMILES string of the molecule is Clc1ccc(-c2ccc(Sc3c[nH]nn3)cc2)c(Cl)c1. The average molecular weight is 322 g/mol. The Labute approximate surface area is 130 Å². The van der Waals surface area contributed by atoms with Gasteiger partial charge in [-0.15, -0.1) is 5.10 Å². The van der Waals surface area contributed by atoms with Gasteiger partial charge in [0.2, 0.25) is 0 Å². The van der Waals surface area contributed by atoms with Gasteiger partial charge in [0.1, 0.15) is 5.03 Å². The van der Waals surface area contributed by atoms with Crippen molar-refractivity contribution >= 4 is 35.0 Å². The van der Waals surface area contributed by atoms with Crippen molar-refractivity contribution in [2.45, 2.75) is 9.92 Å². The molecular formula is C14H9Cl2N3S. The molecule has 100 valence electrons. The molecule has 0 spiro atoms. The molecule has 0 unspecified atom stereocenters. The highest BCUT2D eigenvalue weighted by molar-refractivity contribution is 7.99. The molecule has 1 N–H and O–H groups in total. The van der Waals surface area contributed by atoms with E-state index in [0.717, 1.165) is 21.0 Å². The van der Waals surface area contributed by atoms with E-state index in [1.807, 2.05) is 36.4 Å². The first-order valence-electron chi connectivity index (χ1n) is 5.82. The van der Waals surface area contributed by atoms with Crippen LogP contribution in [-0.2, 0) is 0 Å². The maximum Gasteiger partial charge on any atom is 0.143 e. The van der Waals surface area contributed by atoms with Gasteiger partial charge in [-0.25, -0.2) is 0 Å². The smallest absolute Gasteiger partial charge is 0.143 e. The zero-order valence-corrected chi connectivity index (χ0v) is 12.5. The first kappa shape index (κ1) is 13.5. The van der Waals surface area contributed by atoms with Gasteiger partial charge >= 0.3 is 0 Å². The van der Waals surface area contributed by atoms with Gasteiger partial charge in [0.15, 0.2) is 0 Å². The quantitative estimate of drug-likeness (QED) is 0.743. The van der Waals surface area contributed by atoms with Crippen molar-refractivity contribution in [3.8, 4) is 11.1 Å². The Kier molecular flexibility index (Phi) is 3.96. The van der Waals surface area contributed by atoms with Crippen LogP contribution in [0.1, 0.15) is 0 Å². The van der Waals surface area contributed by atoms with E-state index in [1.165, 1.54) is 0 Å². The van der Waals surface area contributed by atoms with Crippen LogP contribution in [0, 0.1) is 0 Å². The van der Waals surface area contributed by atoms with Crippen molar-refractivity contribution in [2.24, 2.45) is 0 Å². The molecular weight excluding hydrogens is 313 g/mol. The molecule has 1 heterocycles. The lowest BCUT2D eigenvalue weighted by atomic mass is 10.1. The summed E-state index contributed by atoms with van der Waals surface area (Å²) >= 11 is 13.7. The van der Waals surface area contributed by atoms with Crippen LogP contribution in [-0.4, -0.2) is 15.4 Å². The fourth-order valence-corrected chi connectivity index (χ4v) is 3.01. The van der Waals surface area contributed by atoms with Crippen molar-refractivity contribution in [3.63, 3.8) is 0 Å². The van der Waals surface area contributed by atoms with Crippen LogP contribution in [0.25, 0.3) is 11.1 Å². The zero-order valence-electron chi connectivity index (χ0n) is 10.2. The van der Waals surface area contributed by atoms with E-state index in [2.05, 4.69) is 15.4 Å². The maximum atomic E-state index is 6.21. The van der Waals surface area contributed by atoms with E-state index < -0.39 is 0 Å². The second-order valence-electron chi connectivity index (χ2n) is 4.06. The van der Waals surface area contributed by atoms with Crippen molar-refractivity contribution in [3.05, 3.63) is 58.7 Å². The largest absolute Gasteiger partial charge is 0.264 e. The molecule has 0 atom stereocenters. The third-order valence-corrected chi connectivity index (χ3v) is 4.18. The fraction of sp³-hybridized carbons (Fsp3) is 0. The van der Waals surface area contributed by atoms with E-state index in [9.17, 15) is 0 Å². The van der Waals surface area contributed by atoms with Crippen LogP contribution in [0.15, 0.2) is 58.6 Å². The lowest BCUT2D eigenvalue weighted by Gasteiger charge is -2.06. The Balaban J connectivity index is 1.85. The predicted molar refractivity (Wildman–Crippen MR) is 82.4 cm³/mol. The number of hydrogen-bond acceptors (Lipinski definition) is 3. The highest BCUT2D eigenvalue weighted by atomic mass is 35.5. The number of rotatable bonds is 3. The molecule has 0 radical (unpaired) electrons. The summed E-state index contributed by atoms with van der Waals surface area (Å²) < 4.78 is 0. The maximum absolute atomic E-state index is 6.21. The third kappa shape index (κ3) is 2.98. The average Bonchev–Trinajstić information content (AvgIpc) is 2.93. The predicted octanol–water partition coefficient (Wildman–Crippen LogP) is 4.93. The summed E-state index contributed by atoms with van der Waals surface area (Å²) in [6.07, 6.45) is 1.76. The second-order valence-corrected chi connectivity index (χ2v) is 6.00. The summed E-state index contributed by atoms with van der Waals surface area (Å²) in [5.41, 5.74) is 2.02. The number of nitrogens with zero attached hydrogens (tertiary/aromatic N) is 2. The molecule has 0 bridgehead atoms. The van der Waals surface area contributed by atoms with Gasteiger partial charge in [-0.2, -0.15) is 0 Å². The molecule has 0 saturated carbocycles. The molecule has 0 amide bonds.